The van der Waals surface area contributed by atoms with Crippen molar-refractivity contribution in [3.05, 3.63) is 32.5 Å². The molecule has 0 aliphatic rings. The molecule has 0 N–H and O–H groups in total. The van der Waals surface area contributed by atoms with E-state index in [4.69, 9.17) is 32.5 Å². The molecule has 0 amide bonds. The Bertz CT molecular complexity index is 253. The van der Waals surface area contributed by atoms with Crippen molar-refractivity contribution in [2.75, 3.05) is 0 Å². The van der Waals surface area contributed by atoms with Crippen LogP contribution in [0.15, 0.2) is 0 Å². The Hall–Kier alpha value is -0.551. The van der Waals surface area contributed by atoms with Crippen LogP contribution in [0.2, 0.25) is 0 Å². The van der Waals surface area contributed by atoms with Crippen molar-refractivity contribution in [2.45, 2.75) is 0 Å². The number of rotatable bonds is 0. The van der Waals surface area contributed by atoms with E-state index >= 15 is 0 Å². The second-order valence-electron chi connectivity index (χ2n) is 0.548. The standard InChI is InChI=1S/6CNS.Tc/c6*2-1-3;/q6*-1;. The molecule has 0 fully saturated rings. The minimum atomic E-state index is 0. The van der Waals surface area contributed by atoms with Gasteiger partial charge in [-0.15, -0.1) is 0 Å². The van der Waals surface area contributed by atoms with Gasteiger partial charge in [-0.1, -0.05) is 73.3 Å². The smallest absolute Gasteiger partial charge is 0 e. The minimum Gasteiger partial charge on any atom is -0.753 e. The van der Waals surface area contributed by atoms with E-state index in [1.54, 1.807) is 0 Å². The van der Waals surface area contributed by atoms with Gasteiger partial charge in [-0.25, -0.2) is 0 Å². The quantitative estimate of drug-likeness (QED) is 0.408. The Morgan fingerprint density at radius 2 is 0.368 bits per heavy atom. The van der Waals surface area contributed by atoms with E-state index in [0.717, 1.165) is 0 Å². The van der Waals surface area contributed by atoms with Crippen molar-refractivity contribution in [2.24, 2.45) is 0 Å². The molecular formula is C6N6S6Tc-6. The van der Waals surface area contributed by atoms with Gasteiger partial charge in [0, 0.05) is 20.1 Å². The molecule has 19 heavy (non-hydrogen) atoms. The summed E-state index contributed by atoms with van der Waals surface area (Å²) in [6.07, 6.45) is 0. The Balaban J connectivity index is -0.0000000180. The predicted octanol–water partition coefficient (Wildman–Crippen LogP) is 3.95. The Morgan fingerprint density at radius 1 is 0.368 bits per heavy atom. The molecule has 0 heterocycles. The van der Waals surface area contributed by atoms with Gasteiger partial charge >= 0.3 is 0 Å². The van der Waals surface area contributed by atoms with Crippen molar-refractivity contribution < 1.29 is 20.1 Å². The van der Waals surface area contributed by atoms with Crippen LogP contribution >= 0.6 is 73.3 Å². The molecular weight excluding hydrogens is 447 g/mol. The van der Waals surface area contributed by atoms with Crippen LogP contribution in [0.4, 0.5) is 0 Å². The topological polar surface area (TPSA) is 134 Å². The van der Waals surface area contributed by atoms with Gasteiger partial charge in [0.15, 0.2) is 0 Å². The molecule has 0 saturated heterocycles. The van der Waals surface area contributed by atoms with E-state index in [2.05, 4.69) is 73.3 Å². The summed E-state index contributed by atoms with van der Waals surface area (Å²) in [7, 11) is 0. The van der Waals surface area contributed by atoms with Crippen LogP contribution in [0.5, 0.6) is 0 Å². The molecule has 0 aromatic rings. The van der Waals surface area contributed by atoms with Crippen LogP contribution in [0.3, 0.4) is 0 Å². The molecule has 103 valence electrons. The maximum Gasteiger partial charge on any atom is 0 e. The number of hydrogen-bond donors (Lipinski definition) is 0. The van der Waals surface area contributed by atoms with Gasteiger partial charge in [0.05, 0.1) is 0 Å². The van der Waals surface area contributed by atoms with E-state index < -0.39 is 0 Å². The first kappa shape index (κ1) is 42.9. The molecule has 0 spiro atoms. The van der Waals surface area contributed by atoms with Crippen molar-refractivity contribution in [3.63, 3.8) is 0 Å². The van der Waals surface area contributed by atoms with Crippen LogP contribution in [0.1, 0.15) is 0 Å². The largest absolute Gasteiger partial charge is 0.753 e. The Labute approximate surface area is 155 Å². The number of thiocarbonyl (C=S) groups is 6. The second kappa shape index (κ2) is 159. The average Bonchev–Trinajstić information content (AvgIpc) is 2.23. The average molecular weight is 447 g/mol. The van der Waals surface area contributed by atoms with E-state index in [1.807, 2.05) is 0 Å². The first-order valence-corrected chi connectivity index (χ1v) is 5.02. The van der Waals surface area contributed by atoms with Crippen molar-refractivity contribution in [1.29, 1.82) is 0 Å². The fourth-order valence-electron chi connectivity index (χ4n) is 0. The SMILES string of the molecule is [N-]=C=S.[N-]=C=S.[N-]=C=S.[N-]=C=S.[N-]=C=S.[N-]=C=S.[Tc]. The van der Waals surface area contributed by atoms with Crippen molar-refractivity contribution in [3.8, 4) is 0 Å². The summed E-state index contributed by atoms with van der Waals surface area (Å²) in [6, 6.07) is 0. The maximum atomic E-state index is 7.13. The number of hydrogen-bond acceptors (Lipinski definition) is 6. The first-order chi connectivity index (χ1) is 8.49. The minimum absolute atomic E-state index is 0. The third-order valence-electron chi connectivity index (χ3n) is 0. The van der Waals surface area contributed by atoms with E-state index in [9.17, 15) is 0 Å². The first-order valence-electron chi connectivity index (χ1n) is 2.57. The molecule has 0 aromatic carbocycles. The normalized spacial score (nSPS) is 2.53. The van der Waals surface area contributed by atoms with Crippen LogP contribution < -0.4 is 0 Å². The van der Waals surface area contributed by atoms with Crippen molar-refractivity contribution >= 4 is 104 Å². The summed E-state index contributed by atoms with van der Waals surface area (Å²) < 4.78 is 0. The fourth-order valence-corrected chi connectivity index (χ4v) is 0. The summed E-state index contributed by atoms with van der Waals surface area (Å²) >= 11 is 22.2. The molecule has 6 nitrogen and oxygen atoms in total. The monoisotopic (exact) mass is 445 g/mol. The molecule has 0 saturated carbocycles. The summed E-state index contributed by atoms with van der Waals surface area (Å²) in [5.74, 6) is 0. The molecule has 0 unspecified atom stereocenters. The van der Waals surface area contributed by atoms with Gasteiger partial charge in [-0.3, -0.25) is 0 Å². The zero-order chi connectivity index (χ0) is 16.2. The molecule has 1 radical (unpaired) electrons. The molecule has 0 atom stereocenters. The molecule has 0 aromatic heterocycles. The Kier molecular flexibility index (Phi) is 359. The van der Waals surface area contributed by atoms with Crippen molar-refractivity contribution in [1.82, 2.24) is 0 Å². The molecule has 0 rings (SSSR count). The maximum absolute atomic E-state index is 7.13. The van der Waals surface area contributed by atoms with Gasteiger partial charge < -0.3 is 32.5 Å². The Morgan fingerprint density at radius 3 is 0.368 bits per heavy atom. The van der Waals surface area contributed by atoms with Gasteiger partial charge in [0.25, 0.3) is 0 Å². The zero-order valence-electron chi connectivity index (χ0n) is 8.51. The van der Waals surface area contributed by atoms with Crippen LogP contribution in [0, 0.1) is 0 Å². The van der Waals surface area contributed by atoms with Gasteiger partial charge in [0.1, 0.15) is 0 Å². The summed E-state index contributed by atoms with van der Waals surface area (Å²) in [5, 5.41) is 50.8. The summed E-state index contributed by atoms with van der Waals surface area (Å²) in [4.78, 5) is 0. The third kappa shape index (κ3) is 13700. The molecule has 13 heteroatoms. The molecule has 0 aliphatic heterocycles. The van der Waals surface area contributed by atoms with Gasteiger partial charge in [-0.05, 0) is 0 Å². The number of nitrogens with zero attached hydrogens (tertiary/aromatic N) is 6. The molecule has 0 aliphatic carbocycles. The van der Waals surface area contributed by atoms with Crippen LogP contribution in [-0.4, -0.2) is 31.0 Å². The van der Waals surface area contributed by atoms with Crippen LogP contribution in [-0.2, 0) is 20.1 Å². The van der Waals surface area contributed by atoms with Gasteiger partial charge in [0.2, 0.25) is 0 Å². The van der Waals surface area contributed by atoms with E-state index in [0.29, 0.717) is 0 Å². The summed E-state index contributed by atoms with van der Waals surface area (Å²) in [6.45, 7) is 0. The van der Waals surface area contributed by atoms with E-state index in [-0.39, 0.29) is 20.1 Å². The van der Waals surface area contributed by atoms with Gasteiger partial charge in [-0.2, -0.15) is 31.0 Å². The zero-order valence-corrected chi connectivity index (χ0v) is 15.3. The second-order valence-corrected chi connectivity index (χ2v) is 1.64. The molecule has 0 bridgehead atoms. The number of isothiocyanates is 6. The van der Waals surface area contributed by atoms with Crippen LogP contribution in [0.25, 0.3) is 32.5 Å². The fraction of sp³-hybridized carbons (Fsp3) is 0. The third-order valence-corrected chi connectivity index (χ3v) is 0. The predicted molar refractivity (Wildman–Crippen MR) is 95.7 cm³/mol. The van der Waals surface area contributed by atoms with E-state index in [1.165, 1.54) is 31.0 Å². The summed E-state index contributed by atoms with van der Waals surface area (Å²) in [5.41, 5.74) is 0.